The molecule has 2 unspecified atom stereocenters. The Labute approximate surface area is 113 Å². The molecule has 6 nitrogen and oxygen atoms in total. The number of aliphatic carboxylic acids is 1. The van der Waals surface area contributed by atoms with Crippen LogP contribution in [0.25, 0.3) is 0 Å². The van der Waals surface area contributed by atoms with Gasteiger partial charge in [-0.3, -0.25) is 9.59 Å². The average molecular weight is 291 g/mol. The highest BCUT2D eigenvalue weighted by atomic mass is 32.2. The van der Waals surface area contributed by atoms with Crippen molar-refractivity contribution in [3.05, 3.63) is 0 Å². The number of carboxylic acids is 1. The summed E-state index contributed by atoms with van der Waals surface area (Å²) in [6, 6.07) is 0. The van der Waals surface area contributed by atoms with Crippen LogP contribution in [0.3, 0.4) is 0 Å². The first-order valence-electron chi connectivity index (χ1n) is 6.28. The van der Waals surface area contributed by atoms with E-state index in [0.717, 1.165) is 19.1 Å². The van der Waals surface area contributed by atoms with Gasteiger partial charge >= 0.3 is 5.97 Å². The summed E-state index contributed by atoms with van der Waals surface area (Å²) in [4.78, 5) is 22.9. The number of nitrogens with one attached hydrogen (secondary N) is 1. The predicted octanol–water partition coefficient (Wildman–Crippen LogP) is 0.427. The molecule has 1 aliphatic rings. The van der Waals surface area contributed by atoms with Crippen LogP contribution in [0, 0.1) is 11.8 Å². The zero-order chi connectivity index (χ0) is 14.8. The molecule has 1 aliphatic carbocycles. The molecular weight excluding hydrogens is 270 g/mol. The lowest BCUT2D eigenvalue weighted by Crippen LogP contribution is -2.49. The summed E-state index contributed by atoms with van der Waals surface area (Å²) in [7, 11) is -3.51. The van der Waals surface area contributed by atoms with E-state index in [9.17, 15) is 18.0 Å². The van der Waals surface area contributed by atoms with Gasteiger partial charge in [-0.2, -0.15) is 0 Å². The van der Waals surface area contributed by atoms with Gasteiger partial charge in [0.25, 0.3) is 0 Å². The minimum absolute atomic E-state index is 0.114. The second kappa shape index (κ2) is 5.48. The maximum atomic E-state index is 11.9. The maximum Gasteiger partial charge on any atom is 0.306 e. The zero-order valence-corrected chi connectivity index (χ0v) is 12.3. The second-order valence-electron chi connectivity index (χ2n) is 5.63. The molecule has 0 aromatic carbocycles. The van der Waals surface area contributed by atoms with Crippen LogP contribution < -0.4 is 5.32 Å². The van der Waals surface area contributed by atoms with Gasteiger partial charge in [-0.25, -0.2) is 8.42 Å². The molecule has 0 aliphatic heterocycles. The Hall–Kier alpha value is -1.11. The Kier molecular flexibility index (Phi) is 4.60. The van der Waals surface area contributed by atoms with Crippen molar-refractivity contribution in [1.29, 1.82) is 0 Å². The Morgan fingerprint density at radius 3 is 2.37 bits per heavy atom. The molecule has 1 fully saturated rings. The van der Waals surface area contributed by atoms with Crippen LogP contribution in [0.15, 0.2) is 0 Å². The number of sulfone groups is 1. The monoisotopic (exact) mass is 291 g/mol. The van der Waals surface area contributed by atoms with E-state index in [-0.39, 0.29) is 12.5 Å². The Bertz CT molecular complexity index is 469. The quantitative estimate of drug-likeness (QED) is 0.765. The molecule has 19 heavy (non-hydrogen) atoms. The molecule has 1 amide bonds. The highest BCUT2D eigenvalue weighted by Gasteiger charge is 2.39. The molecule has 2 atom stereocenters. The van der Waals surface area contributed by atoms with Gasteiger partial charge in [-0.1, -0.05) is 6.42 Å². The van der Waals surface area contributed by atoms with Gasteiger partial charge in [0, 0.05) is 12.8 Å². The summed E-state index contributed by atoms with van der Waals surface area (Å²) in [5, 5.41) is 11.6. The lowest BCUT2D eigenvalue weighted by Gasteiger charge is -2.23. The zero-order valence-electron chi connectivity index (χ0n) is 11.5. The van der Waals surface area contributed by atoms with Crippen molar-refractivity contribution in [2.45, 2.75) is 37.9 Å². The third-order valence-corrected chi connectivity index (χ3v) is 6.01. The largest absolute Gasteiger partial charge is 0.481 e. The minimum atomic E-state index is -3.51. The number of amides is 1. The van der Waals surface area contributed by atoms with Gasteiger partial charge in [-0.05, 0) is 32.6 Å². The van der Waals surface area contributed by atoms with Crippen molar-refractivity contribution >= 4 is 21.7 Å². The number of hydrogen-bond acceptors (Lipinski definition) is 4. The third kappa shape index (κ3) is 3.46. The van der Waals surface area contributed by atoms with Crippen LogP contribution in [0.4, 0.5) is 0 Å². The van der Waals surface area contributed by atoms with Crippen molar-refractivity contribution in [2.24, 2.45) is 11.8 Å². The van der Waals surface area contributed by atoms with Gasteiger partial charge in [0.05, 0.1) is 5.92 Å². The van der Waals surface area contributed by atoms with E-state index in [1.54, 1.807) is 0 Å². The number of hydrogen-bond donors (Lipinski definition) is 2. The fourth-order valence-electron chi connectivity index (χ4n) is 2.21. The smallest absolute Gasteiger partial charge is 0.306 e. The van der Waals surface area contributed by atoms with Gasteiger partial charge in [0.1, 0.15) is 4.75 Å². The number of carbonyl (C=O) groups is 2. The first-order chi connectivity index (χ1) is 8.57. The summed E-state index contributed by atoms with van der Waals surface area (Å²) in [6.07, 6.45) is 3.21. The van der Waals surface area contributed by atoms with Crippen LogP contribution in [0.1, 0.15) is 33.1 Å². The van der Waals surface area contributed by atoms with Crippen LogP contribution in [0.5, 0.6) is 0 Å². The van der Waals surface area contributed by atoms with E-state index in [2.05, 4.69) is 5.32 Å². The SMILES string of the molecule is CC(C)(C(=O)NCC1CCCC1C(=O)O)S(C)(=O)=O. The van der Waals surface area contributed by atoms with E-state index in [0.29, 0.717) is 6.42 Å². The van der Waals surface area contributed by atoms with Crippen molar-refractivity contribution in [2.75, 3.05) is 12.8 Å². The molecule has 0 aromatic heterocycles. The number of carboxylic acid groups (broad SMARTS) is 1. The lowest BCUT2D eigenvalue weighted by molar-refractivity contribution is -0.143. The standard InChI is InChI=1S/C12H21NO5S/c1-12(2,19(3,17)18)11(16)13-7-8-5-4-6-9(8)10(14)15/h8-9H,4-7H2,1-3H3,(H,13,16)(H,14,15). The molecule has 0 aromatic rings. The topological polar surface area (TPSA) is 101 Å². The fourth-order valence-corrected chi connectivity index (χ4v) is 2.62. The van der Waals surface area contributed by atoms with Gasteiger partial charge < -0.3 is 10.4 Å². The number of carbonyl (C=O) groups excluding carboxylic acids is 1. The highest BCUT2D eigenvalue weighted by Crippen LogP contribution is 2.31. The van der Waals surface area contributed by atoms with E-state index < -0.39 is 32.4 Å². The van der Waals surface area contributed by atoms with Crippen LogP contribution in [-0.2, 0) is 19.4 Å². The molecule has 1 rings (SSSR count). The summed E-state index contributed by atoms with van der Waals surface area (Å²) in [5.74, 6) is -1.98. The summed E-state index contributed by atoms with van der Waals surface area (Å²) in [6.45, 7) is 2.91. The molecule has 7 heteroatoms. The van der Waals surface area contributed by atoms with Gasteiger partial charge in [0.2, 0.25) is 5.91 Å². The van der Waals surface area contributed by atoms with Crippen molar-refractivity contribution in [3.8, 4) is 0 Å². The first-order valence-corrected chi connectivity index (χ1v) is 8.17. The summed E-state index contributed by atoms with van der Waals surface area (Å²) in [5.41, 5.74) is 0. The molecule has 0 heterocycles. The molecule has 1 saturated carbocycles. The van der Waals surface area contributed by atoms with E-state index in [4.69, 9.17) is 5.11 Å². The molecule has 0 radical (unpaired) electrons. The second-order valence-corrected chi connectivity index (χ2v) is 8.19. The molecule has 0 spiro atoms. The molecule has 0 saturated heterocycles. The van der Waals surface area contributed by atoms with Crippen molar-refractivity contribution in [1.82, 2.24) is 5.32 Å². The van der Waals surface area contributed by atoms with Crippen molar-refractivity contribution < 1.29 is 23.1 Å². The van der Waals surface area contributed by atoms with Gasteiger partial charge in [-0.15, -0.1) is 0 Å². The first kappa shape index (κ1) is 15.9. The van der Waals surface area contributed by atoms with Gasteiger partial charge in [0.15, 0.2) is 9.84 Å². The molecular formula is C12H21NO5S. The molecule has 0 bridgehead atoms. The van der Waals surface area contributed by atoms with Crippen LogP contribution >= 0.6 is 0 Å². The fraction of sp³-hybridized carbons (Fsp3) is 0.833. The molecule has 2 N–H and O–H groups in total. The molecule has 110 valence electrons. The summed E-state index contributed by atoms with van der Waals surface area (Å²) >= 11 is 0. The normalized spacial score (nSPS) is 24.2. The van der Waals surface area contributed by atoms with Crippen LogP contribution in [0.2, 0.25) is 0 Å². The lowest BCUT2D eigenvalue weighted by atomic mass is 9.96. The Balaban J connectivity index is 2.63. The predicted molar refractivity (Wildman–Crippen MR) is 70.4 cm³/mol. The minimum Gasteiger partial charge on any atom is -0.481 e. The maximum absolute atomic E-state index is 11.9. The number of rotatable bonds is 5. The Morgan fingerprint density at radius 1 is 1.32 bits per heavy atom. The van der Waals surface area contributed by atoms with E-state index in [1.807, 2.05) is 0 Å². The van der Waals surface area contributed by atoms with E-state index >= 15 is 0 Å². The summed E-state index contributed by atoms with van der Waals surface area (Å²) < 4.78 is 21.5. The van der Waals surface area contributed by atoms with Crippen molar-refractivity contribution in [3.63, 3.8) is 0 Å². The third-order valence-electron chi connectivity index (χ3n) is 3.97. The Morgan fingerprint density at radius 2 is 1.89 bits per heavy atom. The average Bonchev–Trinajstić information content (AvgIpc) is 2.72. The van der Waals surface area contributed by atoms with E-state index in [1.165, 1.54) is 13.8 Å². The highest BCUT2D eigenvalue weighted by molar-refractivity contribution is 7.92. The van der Waals surface area contributed by atoms with Crippen LogP contribution in [-0.4, -0.2) is 42.9 Å².